The summed E-state index contributed by atoms with van der Waals surface area (Å²) >= 11 is 5.82. The van der Waals surface area contributed by atoms with Crippen molar-refractivity contribution in [3.63, 3.8) is 0 Å². The van der Waals surface area contributed by atoms with Gasteiger partial charge in [0.1, 0.15) is 5.76 Å². The van der Waals surface area contributed by atoms with Crippen LogP contribution >= 0.6 is 11.6 Å². The van der Waals surface area contributed by atoms with Gasteiger partial charge in [0.15, 0.2) is 0 Å². The summed E-state index contributed by atoms with van der Waals surface area (Å²) in [6, 6.07) is 11.6. The zero-order valence-electron chi connectivity index (χ0n) is 11.5. The molecule has 0 spiro atoms. The third-order valence-corrected chi connectivity index (χ3v) is 3.32. The maximum absolute atomic E-state index is 12.6. The molecule has 2 rings (SSSR count). The first-order chi connectivity index (χ1) is 9.76. The second-order valence-corrected chi connectivity index (χ2v) is 4.89. The smallest absolute Gasteiger partial charge is 0.257 e. The molecule has 0 aliphatic rings. The van der Waals surface area contributed by atoms with E-state index >= 15 is 0 Å². The molecule has 0 N–H and O–H groups in total. The summed E-state index contributed by atoms with van der Waals surface area (Å²) in [5.41, 5.74) is 1.72. The van der Waals surface area contributed by atoms with Crippen molar-refractivity contribution in [1.29, 1.82) is 0 Å². The average Bonchev–Trinajstić information content (AvgIpc) is 2.95. The molecule has 0 aliphatic heterocycles. The van der Waals surface area contributed by atoms with Crippen LogP contribution in [0.4, 0.5) is 0 Å². The Labute approximate surface area is 124 Å². The van der Waals surface area contributed by atoms with E-state index in [1.165, 1.54) is 0 Å². The molecule has 1 amide bonds. The van der Waals surface area contributed by atoms with Gasteiger partial charge in [-0.1, -0.05) is 37.3 Å². The van der Waals surface area contributed by atoms with Gasteiger partial charge in [0.05, 0.1) is 11.8 Å². The highest BCUT2D eigenvalue weighted by molar-refractivity contribution is 6.18. The molecule has 0 bridgehead atoms. The van der Waals surface area contributed by atoms with Crippen LogP contribution in [0.1, 0.15) is 28.6 Å². The number of aryl methyl sites for hydroxylation is 1. The van der Waals surface area contributed by atoms with Crippen molar-refractivity contribution in [2.75, 3.05) is 12.4 Å². The lowest BCUT2D eigenvalue weighted by Crippen LogP contribution is -2.32. The number of amides is 1. The van der Waals surface area contributed by atoms with Gasteiger partial charge in [-0.05, 0) is 11.6 Å². The van der Waals surface area contributed by atoms with Crippen LogP contribution < -0.4 is 0 Å². The summed E-state index contributed by atoms with van der Waals surface area (Å²) in [7, 11) is 0. The lowest BCUT2D eigenvalue weighted by molar-refractivity contribution is 0.0751. The van der Waals surface area contributed by atoms with Gasteiger partial charge >= 0.3 is 0 Å². The quantitative estimate of drug-likeness (QED) is 0.760. The maximum atomic E-state index is 12.6. The second kappa shape index (κ2) is 7.15. The molecule has 0 unspecified atom stereocenters. The minimum atomic E-state index is -0.0277. The molecule has 0 saturated heterocycles. The predicted octanol–water partition coefficient (Wildman–Crippen LogP) is 3.72. The van der Waals surface area contributed by atoms with Gasteiger partial charge in [-0.25, -0.2) is 0 Å². The number of carbonyl (C=O) groups is 1. The average molecular weight is 292 g/mol. The highest BCUT2D eigenvalue weighted by Gasteiger charge is 2.20. The van der Waals surface area contributed by atoms with Crippen molar-refractivity contribution in [2.45, 2.75) is 19.9 Å². The SMILES string of the molecule is CCc1occc1C(=O)N(CCCl)Cc1ccccc1. The molecule has 3 nitrogen and oxygen atoms in total. The van der Waals surface area contributed by atoms with Gasteiger partial charge in [-0.2, -0.15) is 0 Å². The first-order valence-electron chi connectivity index (χ1n) is 6.71. The number of rotatable bonds is 6. The Balaban J connectivity index is 2.18. The lowest BCUT2D eigenvalue weighted by Gasteiger charge is -2.21. The van der Waals surface area contributed by atoms with Crippen molar-refractivity contribution in [3.8, 4) is 0 Å². The molecule has 0 fully saturated rings. The fourth-order valence-electron chi connectivity index (χ4n) is 2.13. The standard InChI is InChI=1S/C16H18ClNO2/c1-2-15-14(8-11-20-15)16(19)18(10-9-17)12-13-6-4-3-5-7-13/h3-8,11H,2,9-10,12H2,1H3. The van der Waals surface area contributed by atoms with Gasteiger partial charge in [0, 0.05) is 25.4 Å². The summed E-state index contributed by atoms with van der Waals surface area (Å²) in [4.78, 5) is 14.3. The molecule has 20 heavy (non-hydrogen) atoms. The lowest BCUT2D eigenvalue weighted by atomic mass is 10.1. The minimum Gasteiger partial charge on any atom is -0.469 e. The molecule has 1 aromatic heterocycles. The van der Waals surface area contributed by atoms with E-state index in [0.717, 1.165) is 11.3 Å². The summed E-state index contributed by atoms with van der Waals surface area (Å²) < 4.78 is 5.33. The molecule has 0 aliphatic carbocycles. The Kier molecular flexibility index (Phi) is 5.24. The first-order valence-corrected chi connectivity index (χ1v) is 7.25. The fraction of sp³-hybridized carbons (Fsp3) is 0.312. The minimum absolute atomic E-state index is 0.0277. The topological polar surface area (TPSA) is 33.5 Å². The highest BCUT2D eigenvalue weighted by atomic mass is 35.5. The summed E-state index contributed by atoms with van der Waals surface area (Å²) in [5, 5.41) is 0. The van der Waals surface area contributed by atoms with Crippen LogP contribution in [-0.4, -0.2) is 23.2 Å². The largest absolute Gasteiger partial charge is 0.469 e. The van der Waals surface area contributed by atoms with E-state index in [1.807, 2.05) is 37.3 Å². The van der Waals surface area contributed by atoms with Crippen LogP contribution in [0.3, 0.4) is 0 Å². The number of halogens is 1. The van der Waals surface area contributed by atoms with Crippen molar-refractivity contribution < 1.29 is 9.21 Å². The van der Waals surface area contributed by atoms with Crippen LogP contribution in [0.25, 0.3) is 0 Å². The highest BCUT2D eigenvalue weighted by Crippen LogP contribution is 2.16. The predicted molar refractivity (Wildman–Crippen MR) is 80.0 cm³/mol. The van der Waals surface area contributed by atoms with Crippen LogP contribution in [-0.2, 0) is 13.0 Å². The number of furan rings is 1. The molecular weight excluding hydrogens is 274 g/mol. The Morgan fingerprint density at radius 1 is 1.25 bits per heavy atom. The molecule has 1 heterocycles. The molecule has 0 radical (unpaired) electrons. The Morgan fingerprint density at radius 2 is 2.00 bits per heavy atom. The van der Waals surface area contributed by atoms with Crippen molar-refractivity contribution in [3.05, 3.63) is 59.5 Å². The van der Waals surface area contributed by atoms with Crippen molar-refractivity contribution >= 4 is 17.5 Å². The molecule has 2 aromatic rings. The molecule has 0 saturated carbocycles. The normalized spacial score (nSPS) is 10.5. The molecule has 0 atom stereocenters. The third-order valence-electron chi connectivity index (χ3n) is 3.15. The molecule has 106 valence electrons. The Morgan fingerprint density at radius 3 is 2.65 bits per heavy atom. The van der Waals surface area contributed by atoms with Crippen LogP contribution in [0.5, 0.6) is 0 Å². The zero-order chi connectivity index (χ0) is 14.4. The van der Waals surface area contributed by atoms with E-state index in [4.69, 9.17) is 16.0 Å². The number of alkyl halides is 1. The number of hydrogen-bond donors (Lipinski definition) is 0. The van der Waals surface area contributed by atoms with E-state index in [0.29, 0.717) is 31.0 Å². The van der Waals surface area contributed by atoms with E-state index in [9.17, 15) is 4.79 Å². The Bertz CT molecular complexity index is 551. The van der Waals surface area contributed by atoms with E-state index in [2.05, 4.69) is 0 Å². The van der Waals surface area contributed by atoms with Gasteiger partial charge < -0.3 is 9.32 Å². The summed E-state index contributed by atoms with van der Waals surface area (Å²) in [6.45, 7) is 3.04. The zero-order valence-corrected chi connectivity index (χ0v) is 12.3. The van der Waals surface area contributed by atoms with Gasteiger partial charge in [0.2, 0.25) is 0 Å². The van der Waals surface area contributed by atoms with Crippen LogP contribution in [0.2, 0.25) is 0 Å². The molecule has 4 heteroatoms. The van der Waals surface area contributed by atoms with E-state index in [1.54, 1.807) is 17.2 Å². The van der Waals surface area contributed by atoms with E-state index in [-0.39, 0.29) is 5.91 Å². The number of carbonyl (C=O) groups excluding carboxylic acids is 1. The van der Waals surface area contributed by atoms with Gasteiger partial charge in [0.25, 0.3) is 5.91 Å². The fourth-order valence-corrected chi connectivity index (χ4v) is 2.34. The Hall–Kier alpha value is -1.74. The van der Waals surface area contributed by atoms with Crippen LogP contribution in [0.15, 0.2) is 47.1 Å². The van der Waals surface area contributed by atoms with E-state index < -0.39 is 0 Å². The van der Waals surface area contributed by atoms with Gasteiger partial charge in [-0.3, -0.25) is 4.79 Å². The third kappa shape index (κ3) is 3.42. The maximum Gasteiger partial charge on any atom is 0.257 e. The summed E-state index contributed by atoms with van der Waals surface area (Å²) in [5.74, 6) is 1.11. The number of benzene rings is 1. The number of hydrogen-bond acceptors (Lipinski definition) is 2. The molecular formula is C16H18ClNO2. The first kappa shape index (κ1) is 14.7. The van der Waals surface area contributed by atoms with Crippen molar-refractivity contribution in [2.24, 2.45) is 0 Å². The van der Waals surface area contributed by atoms with Crippen LogP contribution in [0, 0.1) is 0 Å². The van der Waals surface area contributed by atoms with Gasteiger partial charge in [-0.15, -0.1) is 11.6 Å². The monoisotopic (exact) mass is 291 g/mol. The second-order valence-electron chi connectivity index (χ2n) is 4.51. The number of nitrogens with zero attached hydrogens (tertiary/aromatic N) is 1. The summed E-state index contributed by atoms with van der Waals surface area (Å²) in [6.07, 6.45) is 2.27. The molecule has 1 aromatic carbocycles. The van der Waals surface area contributed by atoms with Crippen molar-refractivity contribution in [1.82, 2.24) is 4.90 Å².